The molecule has 26 heavy (non-hydrogen) atoms. The van der Waals surface area contributed by atoms with Crippen molar-refractivity contribution in [3.63, 3.8) is 0 Å². The van der Waals surface area contributed by atoms with Crippen molar-refractivity contribution in [2.75, 3.05) is 26.7 Å². The van der Waals surface area contributed by atoms with Crippen molar-refractivity contribution in [1.29, 1.82) is 0 Å². The molecule has 1 saturated heterocycles. The number of methoxy groups -OCH3 is 1. The Morgan fingerprint density at radius 2 is 1.81 bits per heavy atom. The van der Waals surface area contributed by atoms with Crippen LogP contribution in [0.4, 0.5) is 0 Å². The van der Waals surface area contributed by atoms with Gasteiger partial charge in [-0.1, -0.05) is 30.3 Å². The third-order valence-corrected chi connectivity index (χ3v) is 6.76. The Labute approximate surface area is 156 Å². The van der Waals surface area contributed by atoms with Crippen LogP contribution in [0.5, 0.6) is 5.75 Å². The van der Waals surface area contributed by atoms with Crippen molar-refractivity contribution < 1.29 is 13.2 Å². The van der Waals surface area contributed by atoms with Crippen LogP contribution in [0.1, 0.15) is 18.4 Å². The molecule has 2 aromatic rings. The van der Waals surface area contributed by atoms with E-state index in [-0.39, 0.29) is 0 Å². The Hall–Kier alpha value is -1.89. The summed E-state index contributed by atoms with van der Waals surface area (Å²) in [6.07, 6.45) is 1.77. The molecule has 0 unspecified atom stereocenters. The molecule has 1 N–H and O–H groups in total. The van der Waals surface area contributed by atoms with Crippen LogP contribution in [0.15, 0.2) is 59.5 Å². The van der Waals surface area contributed by atoms with Gasteiger partial charge in [0, 0.05) is 19.6 Å². The van der Waals surface area contributed by atoms with Crippen LogP contribution in [-0.2, 0) is 16.6 Å². The Morgan fingerprint density at radius 3 is 2.50 bits per heavy atom. The second-order valence-corrected chi connectivity index (χ2v) is 8.58. The third-order valence-electron chi connectivity index (χ3n) is 4.85. The van der Waals surface area contributed by atoms with Gasteiger partial charge in [-0.3, -0.25) is 0 Å². The lowest BCUT2D eigenvalue weighted by Gasteiger charge is -2.31. The van der Waals surface area contributed by atoms with Gasteiger partial charge in [0.15, 0.2) is 0 Å². The summed E-state index contributed by atoms with van der Waals surface area (Å²) in [6, 6.07) is 16.7. The van der Waals surface area contributed by atoms with Crippen LogP contribution in [0.25, 0.3) is 0 Å². The topological polar surface area (TPSA) is 58.6 Å². The lowest BCUT2D eigenvalue weighted by Crippen LogP contribution is -2.40. The summed E-state index contributed by atoms with van der Waals surface area (Å²) in [5.41, 5.74) is 1.19. The van der Waals surface area contributed by atoms with E-state index >= 15 is 0 Å². The Morgan fingerprint density at radius 1 is 1.08 bits per heavy atom. The normalized spacial score (nSPS) is 16.5. The van der Waals surface area contributed by atoms with Gasteiger partial charge in [-0.15, -0.1) is 0 Å². The van der Waals surface area contributed by atoms with Crippen LogP contribution in [0.3, 0.4) is 0 Å². The zero-order valence-corrected chi connectivity index (χ0v) is 15.9. The molecule has 0 spiro atoms. The highest BCUT2D eigenvalue weighted by Gasteiger charge is 2.28. The summed E-state index contributed by atoms with van der Waals surface area (Å²) in [7, 11) is -1.69. The largest absolute Gasteiger partial charge is 0.497 e. The molecule has 6 heteroatoms. The van der Waals surface area contributed by atoms with Crippen molar-refractivity contribution in [3.05, 3.63) is 60.2 Å². The van der Waals surface area contributed by atoms with Gasteiger partial charge in [0.1, 0.15) is 5.75 Å². The van der Waals surface area contributed by atoms with Crippen LogP contribution in [-0.4, -0.2) is 39.5 Å². The van der Waals surface area contributed by atoms with E-state index in [1.54, 1.807) is 35.7 Å². The number of nitrogens with one attached hydrogen (secondary N) is 1. The minimum absolute atomic E-state index is 0.384. The molecule has 1 heterocycles. The smallest absolute Gasteiger partial charge is 0.243 e. The van der Waals surface area contributed by atoms with Crippen molar-refractivity contribution in [3.8, 4) is 5.75 Å². The Bertz CT molecular complexity index is 801. The van der Waals surface area contributed by atoms with Gasteiger partial charge < -0.3 is 10.1 Å². The molecule has 0 radical (unpaired) electrons. The van der Waals surface area contributed by atoms with Crippen molar-refractivity contribution in [2.45, 2.75) is 24.3 Å². The molecule has 0 bridgehead atoms. The van der Waals surface area contributed by atoms with Crippen molar-refractivity contribution in [1.82, 2.24) is 9.62 Å². The van der Waals surface area contributed by atoms with Gasteiger partial charge in [-0.2, -0.15) is 4.31 Å². The van der Waals surface area contributed by atoms with E-state index in [9.17, 15) is 8.42 Å². The van der Waals surface area contributed by atoms with Gasteiger partial charge in [0.2, 0.25) is 10.0 Å². The lowest BCUT2D eigenvalue weighted by atomic mass is 9.98. The average Bonchev–Trinajstić information content (AvgIpc) is 2.69. The third kappa shape index (κ3) is 4.63. The van der Waals surface area contributed by atoms with E-state index in [1.165, 1.54) is 5.56 Å². The van der Waals surface area contributed by atoms with Gasteiger partial charge >= 0.3 is 0 Å². The lowest BCUT2D eigenvalue weighted by molar-refractivity contribution is 0.267. The van der Waals surface area contributed by atoms with Crippen LogP contribution in [0.2, 0.25) is 0 Å². The number of hydrogen-bond acceptors (Lipinski definition) is 4. The number of benzene rings is 2. The summed E-state index contributed by atoms with van der Waals surface area (Å²) in [5.74, 6) is 1.37. The summed E-state index contributed by atoms with van der Waals surface area (Å²) in [6.45, 7) is 2.86. The van der Waals surface area contributed by atoms with Crippen molar-refractivity contribution >= 4 is 10.0 Å². The maximum Gasteiger partial charge on any atom is 0.243 e. The summed E-state index contributed by atoms with van der Waals surface area (Å²) in [4.78, 5) is 0.384. The number of ether oxygens (including phenoxy) is 1. The van der Waals surface area contributed by atoms with Gasteiger partial charge in [-0.05, 0) is 55.1 Å². The SMILES string of the molecule is COc1cccc(CNCC2CCN(S(=O)(=O)c3ccccc3)CC2)c1. The quantitative estimate of drug-likeness (QED) is 0.810. The number of piperidine rings is 1. The molecule has 1 fully saturated rings. The van der Waals surface area contributed by atoms with E-state index in [4.69, 9.17) is 4.74 Å². The monoisotopic (exact) mass is 374 g/mol. The number of rotatable bonds is 7. The van der Waals surface area contributed by atoms with Gasteiger partial charge in [0.25, 0.3) is 0 Å². The van der Waals surface area contributed by atoms with E-state index in [0.717, 1.165) is 31.7 Å². The first-order valence-corrected chi connectivity index (χ1v) is 10.4. The Balaban J connectivity index is 1.47. The minimum atomic E-state index is -3.36. The molecule has 2 aromatic carbocycles. The molecule has 0 aliphatic carbocycles. The fourth-order valence-electron chi connectivity index (χ4n) is 3.30. The second-order valence-electron chi connectivity index (χ2n) is 6.64. The molecule has 140 valence electrons. The number of hydrogen-bond donors (Lipinski definition) is 1. The predicted octanol–water partition coefficient (Wildman–Crippen LogP) is 2.89. The highest BCUT2D eigenvalue weighted by Crippen LogP contribution is 2.23. The number of nitrogens with zero attached hydrogens (tertiary/aromatic N) is 1. The zero-order chi connectivity index (χ0) is 18.4. The summed E-state index contributed by atoms with van der Waals surface area (Å²) < 4.78 is 32.2. The Kier molecular flexibility index (Phi) is 6.29. The predicted molar refractivity (Wildman–Crippen MR) is 103 cm³/mol. The average molecular weight is 375 g/mol. The van der Waals surface area contributed by atoms with Crippen LogP contribution < -0.4 is 10.1 Å². The summed E-state index contributed by atoms with van der Waals surface area (Å²) in [5, 5.41) is 3.48. The molecule has 0 amide bonds. The maximum absolute atomic E-state index is 12.7. The molecule has 1 aliphatic rings. The number of sulfonamides is 1. The molecule has 5 nitrogen and oxygen atoms in total. The van der Waals surface area contributed by atoms with Crippen LogP contribution >= 0.6 is 0 Å². The standard InChI is InChI=1S/C20H26N2O3S/c1-25-19-7-5-6-18(14-19)16-21-15-17-10-12-22(13-11-17)26(23,24)20-8-3-2-4-9-20/h2-9,14,17,21H,10-13,15-16H2,1H3. The minimum Gasteiger partial charge on any atom is -0.497 e. The molecule has 3 rings (SSSR count). The van der Waals surface area contributed by atoms with E-state index in [2.05, 4.69) is 11.4 Å². The first kappa shape index (κ1) is 18.9. The molecule has 0 atom stereocenters. The highest BCUT2D eigenvalue weighted by atomic mass is 32.2. The molecule has 0 saturated carbocycles. The van der Waals surface area contributed by atoms with E-state index in [1.807, 2.05) is 24.3 Å². The molecule has 1 aliphatic heterocycles. The maximum atomic E-state index is 12.7. The van der Waals surface area contributed by atoms with Crippen molar-refractivity contribution in [2.24, 2.45) is 5.92 Å². The zero-order valence-electron chi connectivity index (χ0n) is 15.1. The second kappa shape index (κ2) is 8.66. The first-order chi connectivity index (χ1) is 12.6. The first-order valence-electron chi connectivity index (χ1n) is 8.98. The fraction of sp³-hybridized carbons (Fsp3) is 0.400. The molecular formula is C20H26N2O3S. The van der Waals surface area contributed by atoms with Gasteiger partial charge in [-0.25, -0.2) is 8.42 Å². The molecular weight excluding hydrogens is 348 g/mol. The van der Waals surface area contributed by atoms with E-state index < -0.39 is 10.0 Å². The molecule has 0 aromatic heterocycles. The fourth-order valence-corrected chi connectivity index (χ4v) is 4.79. The highest BCUT2D eigenvalue weighted by molar-refractivity contribution is 7.89. The van der Waals surface area contributed by atoms with Gasteiger partial charge in [0.05, 0.1) is 12.0 Å². The van der Waals surface area contributed by atoms with Crippen LogP contribution in [0, 0.1) is 5.92 Å². The summed E-state index contributed by atoms with van der Waals surface area (Å²) >= 11 is 0. The van der Waals surface area contributed by atoms with E-state index in [0.29, 0.717) is 23.9 Å².